The van der Waals surface area contributed by atoms with E-state index in [0.29, 0.717) is 11.0 Å². The molecule has 1 heterocycles. The summed E-state index contributed by atoms with van der Waals surface area (Å²) in [7, 11) is 1.72. The van der Waals surface area contributed by atoms with Gasteiger partial charge in [0.1, 0.15) is 24.1 Å². The third kappa shape index (κ3) is 3.83. The summed E-state index contributed by atoms with van der Waals surface area (Å²) < 4.78 is 12.7. The number of hydrogen-bond acceptors (Lipinski definition) is 3. The largest absolute Gasteiger partial charge is 0.493 e. The minimum atomic E-state index is 0.279. The van der Waals surface area contributed by atoms with Gasteiger partial charge in [-0.1, -0.05) is 24.3 Å². The van der Waals surface area contributed by atoms with Gasteiger partial charge in [-0.05, 0) is 56.9 Å². The molecule has 0 aromatic heterocycles. The van der Waals surface area contributed by atoms with Crippen LogP contribution >= 0.6 is 0 Å². The monoisotopic (exact) mass is 391 g/mol. The van der Waals surface area contributed by atoms with E-state index in [9.17, 15) is 0 Å². The highest BCUT2D eigenvalue weighted by Gasteiger charge is 2.36. The van der Waals surface area contributed by atoms with Crippen molar-refractivity contribution in [2.75, 3.05) is 20.2 Å². The molecule has 0 radical (unpaired) electrons. The van der Waals surface area contributed by atoms with E-state index in [1.807, 2.05) is 0 Å². The van der Waals surface area contributed by atoms with Crippen molar-refractivity contribution in [3.8, 4) is 11.5 Å². The maximum atomic E-state index is 6.42. The summed E-state index contributed by atoms with van der Waals surface area (Å²) in [5, 5.41) is 0. The SMILES string of the molecule is COc1cc(C)c([N+]2(c3ccccc3)C=C(CN)C=CC2)cc1OC1CCCC1. The van der Waals surface area contributed by atoms with Crippen molar-refractivity contribution in [3.63, 3.8) is 0 Å². The lowest BCUT2D eigenvalue weighted by Gasteiger charge is -2.37. The van der Waals surface area contributed by atoms with Crippen molar-refractivity contribution in [2.24, 2.45) is 5.73 Å². The lowest BCUT2D eigenvalue weighted by Crippen LogP contribution is -2.41. The smallest absolute Gasteiger partial charge is 0.167 e. The minimum absolute atomic E-state index is 0.279. The Hall–Kier alpha value is -2.56. The van der Waals surface area contributed by atoms with Gasteiger partial charge in [-0.25, -0.2) is 4.48 Å². The van der Waals surface area contributed by atoms with Crippen LogP contribution in [0.1, 0.15) is 31.2 Å². The number of methoxy groups -OCH3 is 1. The Bertz CT molecular complexity index is 914. The number of nitrogens with zero attached hydrogens (tertiary/aromatic N) is 1. The minimum Gasteiger partial charge on any atom is -0.493 e. The van der Waals surface area contributed by atoms with Gasteiger partial charge < -0.3 is 15.2 Å². The molecule has 4 nitrogen and oxygen atoms in total. The van der Waals surface area contributed by atoms with Gasteiger partial charge >= 0.3 is 0 Å². The summed E-state index contributed by atoms with van der Waals surface area (Å²) in [6.07, 6.45) is 11.6. The average molecular weight is 392 g/mol. The molecule has 1 fully saturated rings. The number of aryl methyl sites for hydroxylation is 1. The normalized spacial score (nSPS) is 21.8. The van der Waals surface area contributed by atoms with E-state index >= 15 is 0 Å². The van der Waals surface area contributed by atoms with Crippen LogP contribution in [-0.2, 0) is 0 Å². The molecule has 0 spiro atoms. The van der Waals surface area contributed by atoms with Crippen LogP contribution in [-0.4, -0.2) is 26.3 Å². The van der Waals surface area contributed by atoms with E-state index in [1.54, 1.807) is 7.11 Å². The third-order valence-corrected chi connectivity index (χ3v) is 6.07. The molecule has 1 saturated carbocycles. The third-order valence-electron chi connectivity index (χ3n) is 6.07. The summed E-state index contributed by atoms with van der Waals surface area (Å²) in [4.78, 5) is 0. The standard InChI is InChI=1S/C25H31N2O2/c1-19-15-24(28-2)25(29-22-12-6-7-13-22)16-23(19)27(21-10-4-3-5-11-21)14-8-9-20(17-26)18-27/h3-5,8-11,15-16,18,22H,6-7,12-14,17,26H2,1-2H3/q+1. The summed E-state index contributed by atoms with van der Waals surface area (Å²) in [5.41, 5.74) is 10.7. The number of benzene rings is 2. The predicted molar refractivity (Wildman–Crippen MR) is 120 cm³/mol. The van der Waals surface area contributed by atoms with E-state index in [0.717, 1.165) is 36.5 Å². The van der Waals surface area contributed by atoms with E-state index in [-0.39, 0.29) is 6.10 Å². The number of rotatable bonds is 6. The quantitative estimate of drug-likeness (QED) is 0.673. The number of hydrogen-bond donors (Lipinski definition) is 1. The lowest BCUT2D eigenvalue weighted by molar-refractivity contribution is 0.200. The molecule has 1 aliphatic heterocycles. The van der Waals surface area contributed by atoms with Crippen LogP contribution in [0.25, 0.3) is 0 Å². The molecule has 1 unspecified atom stereocenters. The van der Waals surface area contributed by atoms with Gasteiger partial charge in [0.15, 0.2) is 11.5 Å². The van der Waals surface area contributed by atoms with Crippen LogP contribution in [0.15, 0.2) is 66.4 Å². The molecule has 0 saturated heterocycles. The first-order chi connectivity index (χ1) is 14.2. The maximum Gasteiger partial charge on any atom is 0.167 e. The molecule has 0 bridgehead atoms. The van der Waals surface area contributed by atoms with Gasteiger partial charge in [0.05, 0.1) is 13.2 Å². The van der Waals surface area contributed by atoms with Crippen molar-refractivity contribution in [2.45, 2.75) is 38.7 Å². The van der Waals surface area contributed by atoms with Gasteiger partial charge in [-0.3, -0.25) is 0 Å². The highest BCUT2D eigenvalue weighted by atomic mass is 16.5. The van der Waals surface area contributed by atoms with Crippen LogP contribution in [0.3, 0.4) is 0 Å². The van der Waals surface area contributed by atoms with Gasteiger partial charge in [-0.15, -0.1) is 0 Å². The van der Waals surface area contributed by atoms with Crippen LogP contribution in [0, 0.1) is 6.92 Å². The molecule has 0 amide bonds. The van der Waals surface area contributed by atoms with E-state index < -0.39 is 0 Å². The second kappa shape index (κ2) is 8.44. The Morgan fingerprint density at radius 3 is 2.52 bits per heavy atom. The molecule has 4 rings (SSSR count). The van der Waals surface area contributed by atoms with Crippen LogP contribution in [0.2, 0.25) is 0 Å². The topological polar surface area (TPSA) is 44.5 Å². The van der Waals surface area contributed by atoms with E-state index in [4.69, 9.17) is 15.2 Å². The second-order valence-corrected chi connectivity index (χ2v) is 8.01. The summed E-state index contributed by atoms with van der Waals surface area (Å²) in [6, 6.07) is 14.9. The first-order valence-corrected chi connectivity index (χ1v) is 10.5. The van der Waals surface area contributed by atoms with Crippen molar-refractivity contribution >= 4 is 11.4 Å². The Morgan fingerprint density at radius 1 is 1.07 bits per heavy atom. The number of para-hydroxylation sites is 1. The zero-order chi connectivity index (χ0) is 20.3. The van der Waals surface area contributed by atoms with Crippen molar-refractivity contribution in [1.82, 2.24) is 4.48 Å². The van der Waals surface area contributed by atoms with Crippen molar-refractivity contribution in [1.29, 1.82) is 0 Å². The maximum absolute atomic E-state index is 6.42. The predicted octanol–water partition coefficient (Wildman–Crippen LogP) is 5.38. The fourth-order valence-corrected chi connectivity index (χ4v) is 4.57. The Balaban J connectivity index is 1.86. The molecule has 1 atom stereocenters. The average Bonchev–Trinajstić information content (AvgIpc) is 3.28. The summed E-state index contributed by atoms with van der Waals surface area (Å²) >= 11 is 0. The first-order valence-electron chi connectivity index (χ1n) is 10.5. The molecule has 2 aromatic rings. The van der Waals surface area contributed by atoms with Gasteiger partial charge in [0, 0.05) is 23.7 Å². The molecule has 4 heteroatoms. The molecule has 2 aromatic carbocycles. The van der Waals surface area contributed by atoms with Crippen molar-refractivity contribution < 1.29 is 9.47 Å². The highest BCUT2D eigenvalue weighted by molar-refractivity contribution is 5.69. The summed E-state index contributed by atoms with van der Waals surface area (Å²) in [6.45, 7) is 3.50. The zero-order valence-corrected chi connectivity index (χ0v) is 17.4. The van der Waals surface area contributed by atoms with Crippen LogP contribution in [0.5, 0.6) is 11.5 Å². The molecular weight excluding hydrogens is 360 g/mol. The summed E-state index contributed by atoms with van der Waals surface area (Å²) in [5.74, 6) is 1.64. The Kier molecular flexibility index (Phi) is 5.74. The molecular formula is C25H31N2O2+. The number of ether oxygens (including phenoxy) is 2. The van der Waals surface area contributed by atoms with Crippen LogP contribution in [0.4, 0.5) is 11.4 Å². The van der Waals surface area contributed by atoms with Gasteiger partial charge in [-0.2, -0.15) is 0 Å². The fourth-order valence-electron chi connectivity index (χ4n) is 4.57. The van der Waals surface area contributed by atoms with Gasteiger partial charge in [0.25, 0.3) is 0 Å². The Morgan fingerprint density at radius 2 is 1.83 bits per heavy atom. The molecule has 29 heavy (non-hydrogen) atoms. The fraction of sp³-hybridized carbons (Fsp3) is 0.360. The molecule has 152 valence electrons. The zero-order valence-electron chi connectivity index (χ0n) is 17.4. The Labute approximate surface area is 173 Å². The van der Waals surface area contributed by atoms with Crippen molar-refractivity contribution in [3.05, 3.63) is 72.0 Å². The number of nitrogens with two attached hydrogens (primary N) is 1. The van der Waals surface area contributed by atoms with E-state index in [2.05, 4.69) is 67.7 Å². The molecule has 2 aliphatic rings. The molecule has 1 aliphatic carbocycles. The van der Waals surface area contributed by atoms with Gasteiger partial charge in [0.2, 0.25) is 0 Å². The van der Waals surface area contributed by atoms with E-state index in [1.165, 1.54) is 29.8 Å². The number of quaternary nitrogens is 1. The second-order valence-electron chi connectivity index (χ2n) is 8.01. The van der Waals surface area contributed by atoms with Crippen LogP contribution < -0.4 is 19.7 Å². The highest BCUT2D eigenvalue weighted by Crippen LogP contribution is 2.45. The molecule has 2 N–H and O–H groups in total. The lowest BCUT2D eigenvalue weighted by atomic mass is 10.0. The first kappa shape index (κ1) is 19.7.